The lowest BCUT2D eigenvalue weighted by Gasteiger charge is -2.30. The molecule has 0 spiro atoms. The summed E-state index contributed by atoms with van der Waals surface area (Å²) < 4.78 is 21.4. The number of ether oxygens (including phenoxy) is 4. The predicted octanol–water partition coefficient (Wildman–Crippen LogP) is 5.54. The number of hydrogen-bond acceptors (Lipinski definition) is 12. The van der Waals surface area contributed by atoms with Crippen molar-refractivity contribution in [1.29, 1.82) is 0 Å². The van der Waals surface area contributed by atoms with E-state index in [1.165, 1.54) is 59.9 Å². The summed E-state index contributed by atoms with van der Waals surface area (Å²) in [4.78, 5) is 63.4. The molecule has 3 aromatic carbocycles. The molecule has 50 heavy (non-hydrogen) atoms. The Kier molecular flexibility index (Phi) is 10.3. The second-order valence-corrected chi connectivity index (χ2v) is 12.5. The van der Waals surface area contributed by atoms with Crippen molar-refractivity contribution in [2.75, 3.05) is 7.11 Å². The SMILES string of the molecule is COC1=CC(=O)C=C(C)[C@]1(O)C(=O)Oc1c(C)c(C)c(C(=O)Oc2cc(C)c(C(=O)Oc3cc(C)c(C(=O)O)c(C)c3)c(O)c2C)c(O)c1Br. The van der Waals surface area contributed by atoms with Crippen molar-refractivity contribution in [3.8, 4) is 28.7 Å². The van der Waals surface area contributed by atoms with Gasteiger partial charge in [0.05, 0.1) is 12.7 Å². The molecular formula is C36H33BrO13. The Labute approximate surface area is 294 Å². The average molecular weight is 754 g/mol. The normalized spacial score (nSPS) is 15.5. The van der Waals surface area contributed by atoms with Crippen molar-refractivity contribution in [2.24, 2.45) is 0 Å². The number of allylic oxidation sites excluding steroid dienone is 2. The third-order valence-corrected chi connectivity index (χ3v) is 9.17. The van der Waals surface area contributed by atoms with Gasteiger partial charge in [-0.25, -0.2) is 19.2 Å². The molecule has 0 heterocycles. The van der Waals surface area contributed by atoms with E-state index in [1.807, 2.05) is 0 Å². The highest BCUT2D eigenvalue weighted by Crippen LogP contribution is 2.44. The van der Waals surface area contributed by atoms with Crippen molar-refractivity contribution in [3.05, 3.63) is 96.2 Å². The van der Waals surface area contributed by atoms with Crippen LogP contribution in [-0.2, 0) is 14.3 Å². The van der Waals surface area contributed by atoms with Gasteiger partial charge in [-0.2, -0.15) is 0 Å². The first-order valence-electron chi connectivity index (χ1n) is 14.8. The average Bonchev–Trinajstić information content (AvgIpc) is 3.01. The first kappa shape index (κ1) is 37.4. The Hall–Kier alpha value is -5.47. The summed E-state index contributed by atoms with van der Waals surface area (Å²) in [6.07, 6.45) is 1.99. The number of phenols is 2. The first-order valence-corrected chi connectivity index (χ1v) is 15.6. The lowest BCUT2D eigenvalue weighted by molar-refractivity contribution is -0.151. The lowest BCUT2D eigenvalue weighted by Crippen LogP contribution is -2.47. The number of hydrogen-bond donors (Lipinski definition) is 4. The standard InChI is InChI=1S/C36H33BrO13/c1-14-9-22(10-15(2)25(14)32(41)42)48-33(43)26-16(3)11-23(20(7)29(26)39)49-34(44)27-18(5)19(6)31(28(37)30(27)40)50-35(45)36(46)17(4)12-21(38)13-24(36)47-8/h9-13,39-40,46H,1-8H3,(H,41,42)/t36-/m1/s1. The molecule has 0 saturated carbocycles. The summed E-state index contributed by atoms with van der Waals surface area (Å²) in [6, 6.07) is 4.10. The zero-order valence-corrected chi connectivity index (χ0v) is 29.8. The number of aryl methyl sites for hydroxylation is 3. The molecule has 0 saturated heterocycles. The molecule has 0 fully saturated rings. The van der Waals surface area contributed by atoms with E-state index in [4.69, 9.17) is 18.9 Å². The van der Waals surface area contributed by atoms with Gasteiger partial charge in [0.1, 0.15) is 44.4 Å². The minimum absolute atomic E-state index is 0.00685. The summed E-state index contributed by atoms with van der Waals surface area (Å²) in [7, 11) is 1.17. The van der Waals surface area contributed by atoms with Crippen LogP contribution in [0.15, 0.2) is 46.2 Å². The topological polar surface area (TPSA) is 203 Å². The fourth-order valence-corrected chi connectivity index (χ4v) is 6.15. The first-order chi connectivity index (χ1) is 23.3. The molecule has 4 N–H and O–H groups in total. The molecule has 0 aromatic heterocycles. The van der Waals surface area contributed by atoms with Gasteiger partial charge in [-0.3, -0.25) is 4.79 Å². The fourth-order valence-electron chi connectivity index (χ4n) is 5.57. The smallest absolute Gasteiger partial charge is 0.356 e. The van der Waals surface area contributed by atoms with Gasteiger partial charge in [0.2, 0.25) is 5.60 Å². The molecule has 0 unspecified atom stereocenters. The van der Waals surface area contributed by atoms with Gasteiger partial charge in [-0.1, -0.05) is 0 Å². The zero-order valence-electron chi connectivity index (χ0n) is 28.2. The molecule has 4 rings (SSSR count). The number of ketones is 1. The third-order valence-electron chi connectivity index (χ3n) is 8.44. The minimum atomic E-state index is -2.45. The summed E-state index contributed by atoms with van der Waals surface area (Å²) >= 11 is 3.16. The van der Waals surface area contributed by atoms with Crippen LogP contribution >= 0.6 is 15.9 Å². The van der Waals surface area contributed by atoms with Crippen LogP contribution in [0.1, 0.15) is 71.4 Å². The monoisotopic (exact) mass is 752 g/mol. The molecule has 1 aliphatic rings. The summed E-state index contributed by atoms with van der Waals surface area (Å²) in [5.41, 5.74) is -1.73. The second-order valence-electron chi connectivity index (χ2n) is 11.7. The number of phenolic OH excluding ortho intramolecular Hbond substituents is 2. The molecule has 0 radical (unpaired) electrons. The summed E-state index contributed by atoms with van der Waals surface area (Å²) in [5.74, 6) is -6.75. The van der Waals surface area contributed by atoms with E-state index in [9.17, 15) is 44.4 Å². The number of carboxylic acid groups (broad SMARTS) is 1. The van der Waals surface area contributed by atoms with Gasteiger partial charge in [-0.15, -0.1) is 0 Å². The number of halogens is 1. The number of esters is 3. The third kappa shape index (κ3) is 6.46. The Balaban J connectivity index is 1.63. The number of carbonyl (C=O) groups is 5. The maximum atomic E-state index is 13.5. The van der Waals surface area contributed by atoms with E-state index in [-0.39, 0.29) is 72.0 Å². The number of methoxy groups -OCH3 is 1. The lowest BCUT2D eigenvalue weighted by atomic mass is 9.87. The van der Waals surface area contributed by atoms with Crippen LogP contribution in [0.2, 0.25) is 0 Å². The quantitative estimate of drug-likeness (QED) is 0.165. The highest BCUT2D eigenvalue weighted by Gasteiger charge is 2.48. The number of aliphatic hydroxyl groups is 1. The van der Waals surface area contributed by atoms with Crippen molar-refractivity contribution in [2.45, 2.75) is 54.1 Å². The maximum Gasteiger partial charge on any atom is 0.356 e. The van der Waals surface area contributed by atoms with Crippen LogP contribution in [0.3, 0.4) is 0 Å². The van der Waals surface area contributed by atoms with E-state index in [0.717, 1.165) is 12.2 Å². The van der Waals surface area contributed by atoms with Gasteiger partial charge in [0.25, 0.3) is 0 Å². The highest BCUT2D eigenvalue weighted by molar-refractivity contribution is 9.10. The van der Waals surface area contributed by atoms with Crippen LogP contribution in [0.4, 0.5) is 0 Å². The van der Waals surface area contributed by atoms with Crippen LogP contribution in [-0.4, -0.2) is 62.8 Å². The number of aromatic carboxylic acids is 1. The number of rotatable bonds is 8. The largest absolute Gasteiger partial charge is 0.507 e. The second kappa shape index (κ2) is 13.8. The molecule has 0 amide bonds. The minimum Gasteiger partial charge on any atom is -0.507 e. The predicted molar refractivity (Wildman–Crippen MR) is 180 cm³/mol. The molecule has 262 valence electrons. The maximum absolute atomic E-state index is 13.5. The number of aromatic hydroxyl groups is 2. The van der Waals surface area contributed by atoms with E-state index >= 15 is 0 Å². The molecule has 1 atom stereocenters. The van der Waals surface area contributed by atoms with Crippen molar-refractivity contribution >= 4 is 45.6 Å². The Morgan fingerprint density at radius 1 is 0.720 bits per heavy atom. The van der Waals surface area contributed by atoms with Crippen LogP contribution in [0, 0.1) is 41.5 Å². The van der Waals surface area contributed by atoms with E-state index < -0.39 is 46.8 Å². The van der Waals surface area contributed by atoms with Gasteiger partial charge in [0, 0.05) is 11.6 Å². The van der Waals surface area contributed by atoms with Crippen molar-refractivity contribution < 1.29 is 63.3 Å². The van der Waals surface area contributed by atoms with Gasteiger partial charge < -0.3 is 39.4 Å². The summed E-state index contributed by atoms with van der Waals surface area (Å²) in [5, 5.41) is 42.7. The molecule has 3 aromatic rings. The highest BCUT2D eigenvalue weighted by atomic mass is 79.9. The molecule has 0 bridgehead atoms. The van der Waals surface area contributed by atoms with Crippen LogP contribution < -0.4 is 14.2 Å². The Morgan fingerprint density at radius 2 is 1.28 bits per heavy atom. The van der Waals surface area contributed by atoms with Crippen molar-refractivity contribution in [1.82, 2.24) is 0 Å². The summed E-state index contributed by atoms with van der Waals surface area (Å²) in [6.45, 7) is 10.3. The molecule has 1 aliphatic carbocycles. The molecular weight excluding hydrogens is 720 g/mol. The van der Waals surface area contributed by atoms with E-state index in [0.29, 0.717) is 11.1 Å². The van der Waals surface area contributed by atoms with Gasteiger partial charge in [-0.05, 0) is 122 Å². The molecule has 14 heteroatoms. The van der Waals surface area contributed by atoms with E-state index in [2.05, 4.69) is 15.9 Å². The number of benzene rings is 3. The van der Waals surface area contributed by atoms with Crippen molar-refractivity contribution in [3.63, 3.8) is 0 Å². The Morgan fingerprint density at radius 3 is 1.84 bits per heavy atom. The van der Waals surface area contributed by atoms with Gasteiger partial charge in [0.15, 0.2) is 11.5 Å². The number of carboxylic acids is 1. The number of carbonyl (C=O) groups excluding carboxylic acids is 4. The molecule has 0 aliphatic heterocycles. The van der Waals surface area contributed by atoms with Crippen LogP contribution in [0.25, 0.3) is 0 Å². The Bertz CT molecular complexity index is 2040. The van der Waals surface area contributed by atoms with Gasteiger partial charge >= 0.3 is 23.9 Å². The van der Waals surface area contributed by atoms with E-state index in [1.54, 1.807) is 13.8 Å². The molecule has 13 nitrogen and oxygen atoms in total. The zero-order chi connectivity index (χ0) is 37.6. The fraction of sp³-hybridized carbons (Fsp3) is 0.250. The van der Waals surface area contributed by atoms with Crippen LogP contribution in [0.5, 0.6) is 28.7 Å².